The lowest BCUT2D eigenvalue weighted by molar-refractivity contribution is -0.346. The number of phenols is 1. The number of aromatic hydroxyl groups is 1. The zero-order valence-electron chi connectivity index (χ0n) is 19.9. The van der Waals surface area contributed by atoms with E-state index in [1.165, 1.54) is 25.1 Å². The molecule has 202 valence electrons. The Morgan fingerprint density at radius 1 is 1.16 bits per heavy atom. The molecule has 12 nitrogen and oxygen atoms in total. The Kier molecular flexibility index (Phi) is 7.88. The van der Waals surface area contributed by atoms with Crippen LogP contribution in [0.3, 0.4) is 0 Å². The topological polar surface area (TPSA) is 192 Å². The van der Waals surface area contributed by atoms with Crippen molar-refractivity contribution >= 4 is 18.0 Å². The van der Waals surface area contributed by atoms with Gasteiger partial charge in [0.2, 0.25) is 12.6 Å². The summed E-state index contributed by atoms with van der Waals surface area (Å²) in [5.74, 6) is -3.46. The fraction of sp³-hybridized carbons (Fsp3) is 0.520. The van der Waals surface area contributed by atoms with Gasteiger partial charge in [0, 0.05) is 12.0 Å². The fourth-order valence-electron chi connectivity index (χ4n) is 5.04. The summed E-state index contributed by atoms with van der Waals surface area (Å²) in [5, 5.41) is 60.4. The van der Waals surface area contributed by atoms with Gasteiger partial charge >= 0.3 is 11.9 Å². The minimum absolute atomic E-state index is 0.0155. The largest absolute Gasteiger partial charge is 0.508 e. The maximum atomic E-state index is 12.5. The summed E-state index contributed by atoms with van der Waals surface area (Å²) in [6, 6.07) is 5.97. The maximum absolute atomic E-state index is 12.5. The number of hydrogen-bond acceptors (Lipinski definition) is 11. The average Bonchev–Trinajstić information content (AvgIpc) is 3.18. The number of carboxylic acid groups (broad SMARTS) is 1. The second-order valence-corrected chi connectivity index (χ2v) is 9.58. The molecule has 3 aliphatic rings. The zero-order chi connectivity index (χ0) is 26.9. The van der Waals surface area contributed by atoms with Gasteiger partial charge in [0.25, 0.3) is 0 Å². The molecule has 0 radical (unpaired) electrons. The van der Waals surface area contributed by atoms with Crippen LogP contribution in [0.1, 0.15) is 25.3 Å². The highest BCUT2D eigenvalue weighted by Crippen LogP contribution is 2.49. The normalized spacial score (nSPS) is 37.5. The van der Waals surface area contributed by atoms with Crippen LogP contribution in [0.25, 0.3) is 6.08 Å². The lowest BCUT2D eigenvalue weighted by atomic mass is 9.81. The Morgan fingerprint density at radius 3 is 2.51 bits per heavy atom. The fourth-order valence-corrected chi connectivity index (χ4v) is 5.04. The van der Waals surface area contributed by atoms with Crippen LogP contribution in [0.4, 0.5) is 0 Å². The lowest BCUT2D eigenvalue weighted by Gasteiger charge is -2.44. The van der Waals surface area contributed by atoms with E-state index in [0.717, 1.165) is 12.3 Å². The molecule has 2 aliphatic heterocycles. The van der Waals surface area contributed by atoms with Gasteiger partial charge in [-0.2, -0.15) is 0 Å². The maximum Gasteiger partial charge on any atom is 0.334 e. The summed E-state index contributed by atoms with van der Waals surface area (Å²) < 4.78 is 22.3. The molecule has 2 fully saturated rings. The number of carboxylic acids is 1. The van der Waals surface area contributed by atoms with E-state index in [-0.39, 0.29) is 17.7 Å². The van der Waals surface area contributed by atoms with Gasteiger partial charge in [0.1, 0.15) is 24.1 Å². The van der Waals surface area contributed by atoms with Gasteiger partial charge < -0.3 is 49.6 Å². The van der Waals surface area contributed by atoms with Crippen LogP contribution in [0.5, 0.6) is 5.75 Å². The highest BCUT2D eigenvalue weighted by atomic mass is 16.8. The van der Waals surface area contributed by atoms with Crippen LogP contribution in [0.2, 0.25) is 0 Å². The first-order valence-electron chi connectivity index (χ1n) is 11.8. The van der Waals surface area contributed by atoms with Gasteiger partial charge in [-0.05, 0) is 43.5 Å². The molecule has 1 aromatic rings. The first-order chi connectivity index (χ1) is 17.5. The standard InChI is InChI=1S/C25H30O12/c1-25(33)9-8-14-15(22(31)32)11-34-23(18(14)25)37-24-21(20(30)19(29)16(10-26)35-24)36-17(28)7-4-12-2-5-13(27)6-3-12/h2-7,11,14,16,18-21,23-24,26-27,29-30,33H,8-10H2,1H3,(H,31,32)/b7-4+/t14-,16-,18+,19-,20+,21-,23-,24+,25+/m0/s1. The van der Waals surface area contributed by atoms with Crippen LogP contribution < -0.4 is 0 Å². The highest BCUT2D eigenvalue weighted by Gasteiger charge is 2.56. The molecule has 0 bridgehead atoms. The van der Waals surface area contributed by atoms with Crippen LogP contribution in [0, 0.1) is 11.8 Å². The van der Waals surface area contributed by atoms with E-state index in [9.17, 15) is 40.2 Å². The van der Waals surface area contributed by atoms with Gasteiger partial charge in [0.15, 0.2) is 6.10 Å². The smallest absolute Gasteiger partial charge is 0.334 e. The first kappa shape index (κ1) is 27.0. The number of fused-ring (bicyclic) bond motifs is 1. The second kappa shape index (κ2) is 10.8. The lowest BCUT2D eigenvalue weighted by Crippen LogP contribution is -2.61. The summed E-state index contributed by atoms with van der Waals surface area (Å²) in [4.78, 5) is 24.2. The molecule has 0 unspecified atom stereocenters. The van der Waals surface area contributed by atoms with Crippen molar-refractivity contribution in [2.45, 2.75) is 62.4 Å². The predicted molar refractivity (Wildman–Crippen MR) is 123 cm³/mol. The van der Waals surface area contributed by atoms with Crippen LogP contribution in [-0.4, -0.2) is 91.8 Å². The van der Waals surface area contributed by atoms with Crippen molar-refractivity contribution in [1.82, 2.24) is 0 Å². The Hall–Kier alpha value is -3.00. The Morgan fingerprint density at radius 2 is 1.86 bits per heavy atom. The molecule has 12 heteroatoms. The van der Waals surface area contributed by atoms with E-state index in [1.54, 1.807) is 12.1 Å². The third-order valence-corrected chi connectivity index (χ3v) is 7.03. The molecule has 0 aromatic heterocycles. The molecule has 2 heterocycles. The number of carbonyl (C=O) groups excluding carboxylic acids is 1. The predicted octanol–water partition coefficient (Wildman–Crippen LogP) is -0.125. The molecular formula is C25H30O12. The van der Waals surface area contributed by atoms with Gasteiger partial charge in [-0.25, -0.2) is 9.59 Å². The van der Waals surface area contributed by atoms with Crippen molar-refractivity contribution in [2.24, 2.45) is 11.8 Å². The third kappa shape index (κ3) is 5.64. The molecule has 0 amide bonds. The molecule has 1 saturated carbocycles. The van der Waals surface area contributed by atoms with Crippen molar-refractivity contribution in [3.05, 3.63) is 47.7 Å². The number of esters is 1. The average molecular weight is 523 g/mol. The minimum Gasteiger partial charge on any atom is -0.508 e. The summed E-state index contributed by atoms with van der Waals surface area (Å²) in [5.41, 5.74) is -0.792. The molecule has 1 saturated heterocycles. The molecule has 37 heavy (non-hydrogen) atoms. The number of aliphatic hydroxyl groups excluding tert-OH is 3. The first-order valence-corrected chi connectivity index (χ1v) is 11.8. The van der Waals surface area contributed by atoms with Crippen LogP contribution in [-0.2, 0) is 28.5 Å². The van der Waals surface area contributed by atoms with E-state index >= 15 is 0 Å². The highest BCUT2D eigenvalue weighted by molar-refractivity contribution is 5.87. The van der Waals surface area contributed by atoms with Crippen LogP contribution >= 0.6 is 0 Å². The summed E-state index contributed by atoms with van der Waals surface area (Å²) in [7, 11) is 0. The number of aliphatic carboxylic acids is 1. The Bertz CT molecular complexity index is 1050. The third-order valence-electron chi connectivity index (χ3n) is 7.03. The zero-order valence-corrected chi connectivity index (χ0v) is 19.9. The number of benzene rings is 1. The molecule has 4 rings (SSSR count). The SMILES string of the molecule is C[C@@]1(O)CC[C@H]2C(C(=O)O)=CO[C@@H](O[C@H]3O[C@@H](CO)[C@H](O)[C@@H](O)[C@@H]3OC(=O)/C=C/c3ccc(O)cc3)[C@@H]21. The van der Waals surface area contributed by atoms with Gasteiger partial charge in [0.05, 0.1) is 30.0 Å². The van der Waals surface area contributed by atoms with Crippen molar-refractivity contribution in [1.29, 1.82) is 0 Å². The Balaban J connectivity index is 1.55. The van der Waals surface area contributed by atoms with E-state index < -0.39 is 73.0 Å². The summed E-state index contributed by atoms with van der Waals surface area (Å²) >= 11 is 0. The van der Waals surface area contributed by atoms with Crippen LogP contribution in [0.15, 0.2) is 42.2 Å². The van der Waals surface area contributed by atoms with E-state index in [0.29, 0.717) is 12.0 Å². The molecular weight excluding hydrogens is 492 g/mol. The monoisotopic (exact) mass is 522 g/mol. The number of aliphatic hydroxyl groups is 4. The van der Waals surface area contributed by atoms with Crippen molar-refractivity contribution in [2.75, 3.05) is 6.61 Å². The van der Waals surface area contributed by atoms with E-state index in [2.05, 4.69) is 0 Å². The molecule has 1 aliphatic carbocycles. The number of hydrogen-bond donors (Lipinski definition) is 6. The minimum atomic E-state index is -1.71. The van der Waals surface area contributed by atoms with Gasteiger partial charge in [-0.15, -0.1) is 0 Å². The van der Waals surface area contributed by atoms with Crippen molar-refractivity contribution < 1.29 is 59.2 Å². The number of carbonyl (C=O) groups is 2. The van der Waals surface area contributed by atoms with Gasteiger partial charge in [-0.1, -0.05) is 12.1 Å². The molecule has 9 atom stereocenters. The number of ether oxygens (including phenoxy) is 4. The quantitative estimate of drug-likeness (QED) is 0.206. The summed E-state index contributed by atoms with van der Waals surface area (Å²) in [6.07, 6.45) is -4.80. The molecule has 1 aromatic carbocycles. The second-order valence-electron chi connectivity index (χ2n) is 9.58. The molecule has 0 spiro atoms. The number of phenolic OH excluding ortho intramolecular Hbond substituents is 1. The molecule has 6 N–H and O–H groups in total. The Labute approximate surface area is 212 Å². The van der Waals surface area contributed by atoms with Gasteiger partial charge in [-0.3, -0.25) is 0 Å². The van der Waals surface area contributed by atoms with Crippen molar-refractivity contribution in [3.63, 3.8) is 0 Å². The van der Waals surface area contributed by atoms with E-state index in [1.807, 2.05) is 0 Å². The van der Waals surface area contributed by atoms with Crippen molar-refractivity contribution in [3.8, 4) is 5.75 Å². The summed E-state index contributed by atoms with van der Waals surface area (Å²) in [6.45, 7) is 0.850. The van der Waals surface area contributed by atoms with E-state index in [4.69, 9.17) is 18.9 Å². The number of rotatable bonds is 7.